The number of nitrogens with one attached hydrogen (secondary N) is 2. The number of hydrogen-bond acceptors (Lipinski definition) is 3. The molecule has 0 unspecified atom stereocenters. The largest absolute Gasteiger partial charge is 0.507 e. The minimum Gasteiger partial charge on any atom is -0.507 e. The summed E-state index contributed by atoms with van der Waals surface area (Å²) in [5.74, 6) is 0.156. The van der Waals surface area contributed by atoms with E-state index in [9.17, 15) is 9.90 Å². The maximum atomic E-state index is 11.7. The molecular weight excluding hydrogens is 254 g/mol. The first kappa shape index (κ1) is 14.4. The molecule has 20 heavy (non-hydrogen) atoms. The Bertz CT molecular complexity index is 494. The van der Waals surface area contributed by atoms with E-state index in [1.165, 1.54) is 19.3 Å². The van der Waals surface area contributed by atoms with Crippen LogP contribution >= 0.6 is 0 Å². The van der Waals surface area contributed by atoms with E-state index in [1.54, 1.807) is 25.1 Å². The number of para-hydroxylation sites is 1. The molecular formula is C15H21N3O2. The van der Waals surface area contributed by atoms with Crippen LogP contribution in [0.1, 0.15) is 44.6 Å². The number of benzene rings is 1. The van der Waals surface area contributed by atoms with Gasteiger partial charge in [0, 0.05) is 11.6 Å². The molecule has 108 valence electrons. The first-order valence-corrected chi connectivity index (χ1v) is 7.06. The zero-order valence-electron chi connectivity index (χ0n) is 11.7. The van der Waals surface area contributed by atoms with Gasteiger partial charge < -0.3 is 10.4 Å². The molecule has 0 aliphatic heterocycles. The summed E-state index contributed by atoms with van der Waals surface area (Å²) in [5.41, 5.74) is 3.67. The highest BCUT2D eigenvalue weighted by Crippen LogP contribution is 2.17. The monoisotopic (exact) mass is 275 g/mol. The predicted octanol–water partition coefficient (Wildman–Crippen LogP) is 2.75. The third-order valence-corrected chi connectivity index (χ3v) is 3.56. The second-order valence-corrected chi connectivity index (χ2v) is 5.13. The quantitative estimate of drug-likeness (QED) is 0.586. The Morgan fingerprint density at radius 3 is 2.65 bits per heavy atom. The molecule has 0 saturated heterocycles. The Kier molecular flexibility index (Phi) is 4.98. The average Bonchev–Trinajstić information content (AvgIpc) is 2.46. The van der Waals surface area contributed by atoms with Crippen LogP contribution in [0.25, 0.3) is 0 Å². The van der Waals surface area contributed by atoms with Crippen LogP contribution in [0.5, 0.6) is 5.75 Å². The van der Waals surface area contributed by atoms with Crippen molar-refractivity contribution in [1.82, 2.24) is 10.7 Å². The summed E-state index contributed by atoms with van der Waals surface area (Å²) in [6.07, 6.45) is 5.67. The second-order valence-electron chi connectivity index (χ2n) is 5.13. The summed E-state index contributed by atoms with van der Waals surface area (Å²) in [5, 5.41) is 16.6. The smallest absolute Gasteiger partial charge is 0.335 e. The number of carbonyl (C=O) groups excluding carboxylic acids is 1. The molecule has 5 nitrogen and oxygen atoms in total. The SMILES string of the molecule is C/C(=N\NC(=O)NC1CCCCC1)c1ccccc1O. The van der Waals surface area contributed by atoms with Crippen LogP contribution in [-0.4, -0.2) is 22.9 Å². The minimum atomic E-state index is -0.285. The van der Waals surface area contributed by atoms with Crippen molar-refractivity contribution in [2.45, 2.75) is 45.1 Å². The molecule has 2 rings (SSSR count). The molecule has 0 radical (unpaired) electrons. The number of phenols is 1. The number of urea groups is 1. The lowest BCUT2D eigenvalue weighted by molar-refractivity contribution is 0.233. The van der Waals surface area contributed by atoms with Crippen molar-refractivity contribution in [2.24, 2.45) is 5.10 Å². The van der Waals surface area contributed by atoms with Crippen molar-refractivity contribution in [1.29, 1.82) is 0 Å². The summed E-state index contributed by atoms with van der Waals surface area (Å²) < 4.78 is 0. The maximum absolute atomic E-state index is 11.7. The molecule has 1 fully saturated rings. The number of aromatic hydroxyl groups is 1. The van der Waals surface area contributed by atoms with Crippen LogP contribution in [-0.2, 0) is 0 Å². The second kappa shape index (κ2) is 6.93. The molecule has 0 aromatic heterocycles. The number of amides is 2. The minimum absolute atomic E-state index is 0.156. The molecule has 0 heterocycles. The van der Waals surface area contributed by atoms with E-state index in [2.05, 4.69) is 15.8 Å². The Morgan fingerprint density at radius 1 is 1.25 bits per heavy atom. The fraction of sp³-hybridized carbons (Fsp3) is 0.467. The zero-order valence-corrected chi connectivity index (χ0v) is 11.7. The van der Waals surface area contributed by atoms with E-state index in [0.717, 1.165) is 12.8 Å². The molecule has 1 saturated carbocycles. The Labute approximate surface area is 119 Å². The standard InChI is InChI=1S/C15H21N3O2/c1-11(13-9-5-6-10-14(13)19)17-18-15(20)16-12-7-3-2-4-8-12/h5-6,9-10,12,19H,2-4,7-8H2,1H3,(H2,16,18,20)/b17-11+. The predicted molar refractivity (Wildman–Crippen MR) is 78.9 cm³/mol. The number of hydrazone groups is 1. The van der Waals surface area contributed by atoms with Gasteiger partial charge in [-0.25, -0.2) is 10.2 Å². The zero-order chi connectivity index (χ0) is 14.4. The number of nitrogens with zero attached hydrogens (tertiary/aromatic N) is 1. The van der Waals surface area contributed by atoms with Crippen molar-refractivity contribution in [3.05, 3.63) is 29.8 Å². The van der Waals surface area contributed by atoms with Gasteiger partial charge in [0.2, 0.25) is 0 Å². The highest BCUT2D eigenvalue weighted by molar-refractivity contribution is 6.01. The molecule has 0 atom stereocenters. The van der Waals surface area contributed by atoms with E-state index in [4.69, 9.17) is 0 Å². The summed E-state index contributed by atoms with van der Waals surface area (Å²) in [7, 11) is 0. The van der Waals surface area contributed by atoms with Crippen molar-refractivity contribution in [2.75, 3.05) is 0 Å². The lowest BCUT2D eigenvalue weighted by Crippen LogP contribution is -2.41. The number of rotatable bonds is 3. The van der Waals surface area contributed by atoms with Crippen molar-refractivity contribution >= 4 is 11.7 Å². The Hall–Kier alpha value is -2.04. The van der Waals surface area contributed by atoms with Gasteiger partial charge in [-0.2, -0.15) is 5.10 Å². The van der Waals surface area contributed by atoms with Gasteiger partial charge in [0.05, 0.1) is 5.71 Å². The Morgan fingerprint density at radius 2 is 1.95 bits per heavy atom. The first-order valence-electron chi connectivity index (χ1n) is 7.06. The molecule has 1 aromatic carbocycles. The van der Waals surface area contributed by atoms with Crippen LogP contribution in [0.4, 0.5) is 4.79 Å². The van der Waals surface area contributed by atoms with E-state index in [-0.39, 0.29) is 17.8 Å². The van der Waals surface area contributed by atoms with Crippen LogP contribution in [0, 0.1) is 0 Å². The number of carbonyl (C=O) groups is 1. The summed E-state index contributed by atoms with van der Waals surface area (Å²) >= 11 is 0. The fourth-order valence-electron chi connectivity index (χ4n) is 2.44. The van der Waals surface area contributed by atoms with Gasteiger partial charge >= 0.3 is 6.03 Å². The summed E-state index contributed by atoms with van der Waals surface area (Å²) in [6, 6.07) is 6.88. The van der Waals surface area contributed by atoms with Gasteiger partial charge in [-0.1, -0.05) is 31.4 Å². The highest BCUT2D eigenvalue weighted by Gasteiger charge is 2.15. The van der Waals surface area contributed by atoms with E-state index in [1.807, 2.05) is 6.07 Å². The Balaban J connectivity index is 1.88. The molecule has 0 spiro atoms. The highest BCUT2D eigenvalue weighted by atomic mass is 16.3. The van der Waals surface area contributed by atoms with Crippen LogP contribution < -0.4 is 10.7 Å². The third kappa shape index (κ3) is 3.98. The topological polar surface area (TPSA) is 73.7 Å². The fourth-order valence-corrected chi connectivity index (χ4v) is 2.44. The molecule has 1 aromatic rings. The number of hydrogen-bond donors (Lipinski definition) is 3. The molecule has 0 bridgehead atoms. The maximum Gasteiger partial charge on any atom is 0.335 e. The number of phenolic OH excluding ortho intramolecular Hbond substituents is 1. The molecule has 3 N–H and O–H groups in total. The van der Waals surface area contributed by atoms with Crippen molar-refractivity contribution in [3.8, 4) is 5.75 Å². The van der Waals surface area contributed by atoms with E-state index in [0.29, 0.717) is 11.3 Å². The van der Waals surface area contributed by atoms with Crippen molar-refractivity contribution in [3.63, 3.8) is 0 Å². The summed E-state index contributed by atoms with van der Waals surface area (Å²) in [4.78, 5) is 11.7. The third-order valence-electron chi connectivity index (χ3n) is 3.56. The van der Waals surface area contributed by atoms with E-state index < -0.39 is 0 Å². The molecule has 1 aliphatic rings. The molecule has 5 heteroatoms. The molecule has 2 amide bonds. The van der Waals surface area contributed by atoms with Gasteiger partial charge in [-0.05, 0) is 31.9 Å². The van der Waals surface area contributed by atoms with Gasteiger partial charge in [0.25, 0.3) is 0 Å². The lowest BCUT2D eigenvalue weighted by Gasteiger charge is -2.22. The van der Waals surface area contributed by atoms with Gasteiger partial charge in [-0.3, -0.25) is 0 Å². The van der Waals surface area contributed by atoms with Crippen LogP contribution in [0.15, 0.2) is 29.4 Å². The first-order chi connectivity index (χ1) is 9.66. The van der Waals surface area contributed by atoms with Gasteiger partial charge in [0.15, 0.2) is 0 Å². The molecule has 1 aliphatic carbocycles. The van der Waals surface area contributed by atoms with Crippen LogP contribution in [0.3, 0.4) is 0 Å². The van der Waals surface area contributed by atoms with Gasteiger partial charge in [0.1, 0.15) is 5.75 Å². The summed E-state index contributed by atoms with van der Waals surface area (Å²) in [6.45, 7) is 1.75. The van der Waals surface area contributed by atoms with Crippen LogP contribution in [0.2, 0.25) is 0 Å². The normalized spacial score (nSPS) is 16.8. The average molecular weight is 275 g/mol. The van der Waals surface area contributed by atoms with E-state index >= 15 is 0 Å². The van der Waals surface area contributed by atoms with Gasteiger partial charge in [-0.15, -0.1) is 0 Å². The lowest BCUT2D eigenvalue weighted by atomic mass is 9.96. The van der Waals surface area contributed by atoms with Crippen molar-refractivity contribution < 1.29 is 9.90 Å².